The van der Waals surface area contributed by atoms with E-state index in [0.717, 1.165) is 21.7 Å². The molecule has 3 aromatic carbocycles. The monoisotopic (exact) mass is 421 g/mol. The van der Waals surface area contributed by atoms with Gasteiger partial charge in [-0.3, -0.25) is 4.98 Å². The standard InChI is InChI=1S/C28H23NO3/c1-16(2)19-10-9-18-11-13-24(30)25(22(18)14-19)26-20-6-4-5-7-21(20)28(31)32-27(26)23-12-8-17(3)15-29-23/h4-16,30H,1-3H3. The highest BCUT2D eigenvalue weighted by molar-refractivity contribution is 6.10. The number of hydrogen-bond donors (Lipinski definition) is 1. The molecule has 0 spiro atoms. The fourth-order valence-electron chi connectivity index (χ4n) is 4.18. The van der Waals surface area contributed by atoms with Crippen molar-refractivity contribution >= 4 is 21.5 Å². The molecule has 1 N–H and O–H groups in total. The van der Waals surface area contributed by atoms with Gasteiger partial charge in [0.25, 0.3) is 0 Å². The molecule has 4 heteroatoms. The molecular formula is C28H23NO3. The van der Waals surface area contributed by atoms with E-state index in [1.165, 1.54) is 5.56 Å². The third-order valence-corrected chi connectivity index (χ3v) is 5.92. The molecule has 5 rings (SSSR count). The van der Waals surface area contributed by atoms with Crippen molar-refractivity contribution in [2.24, 2.45) is 0 Å². The number of hydrogen-bond acceptors (Lipinski definition) is 4. The van der Waals surface area contributed by atoms with E-state index in [9.17, 15) is 9.90 Å². The zero-order valence-electron chi connectivity index (χ0n) is 18.2. The first-order valence-corrected chi connectivity index (χ1v) is 10.7. The van der Waals surface area contributed by atoms with Crippen LogP contribution in [0.15, 0.2) is 82.1 Å². The molecule has 2 heterocycles. The Balaban J connectivity index is 1.98. The molecule has 0 unspecified atom stereocenters. The summed E-state index contributed by atoms with van der Waals surface area (Å²) in [7, 11) is 0. The smallest absolute Gasteiger partial charge is 0.344 e. The summed E-state index contributed by atoms with van der Waals surface area (Å²) in [5, 5.41) is 14.2. The first-order chi connectivity index (χ1) is 15.4. The normalized spacial score (nSPS) is 11.5. The summed E-state index contributed by atoms with van der Waals surface area (Å²) in [6.07, 6.45) is 1.74. The van der Waals surface area contributed by atoms with E-state index in [1.54, 1.807) is 18.3 Å². The largest absolute Gasteiger partial charge is 0.507 e. The van der Waals surface area contributed by atoms with Crippen LogP contribution in [0.4, 0.5) is 0 Å². The summed E-state index contributed by atoms with van der Waals surface area (Å²) in [5.41, 5.74) is 3.60. The molecule has 4 nitrogen and oxygen atoms in total. The average Bonchev–Trinajstić information content (AvgIpc) is 2.80. The summed E-state index contributed by atoms with van der Waals surface area (Å²) >= 11 is 0. The van der Waals surface area contributed by atoms with Gasteiger partial charge in [-0.05, 0) is 52.9 Å². The van der Waals surface area contributed by atoms with Crippen molar-refractivity contribution in [2.45, 2.75) is 26.7 Å². The van der Waals surface area contributed by atoms with Crippen LogP contribution in [0.1, 0.15) is 30.9 Å². The van der Waals surface area contributed by atoms with Gasteiger partial charge in [0, 0.05) is 22.7 Å². The molecule has 0 atom stereocenters. The molecule has 0 fully saturated rings. The summed E-state index contributed by atoms with van der Waals surface area (Å²) in [6, 6.07) is 21.0. The lowest BCUT2D eigenvalue weighted by Gasteiger charge is -2.16. The van der Waals surface area contributed by atoms with Gasteiger partial charge in [-0.1, -0.05) is 62.4 Å². The third-order valence-electron chi connectivity index (χ3n) is 5.92. The second-order valence-electron chi connectivity index (χ2n) is 8.45. The van der Waals surface area contributed by atoms with E-state index in [4.69, 9.17) is 4.42 Å². The highest BCUT2D eigenvalue weighted by Crippen LogP contribution is 2.44. The van der Waals surface area contributed by atoms with E-state index in [2.05, 4.69) is 37.0 Å². The molecule has 0 radical (unpaired) electrons. The minimum atomic E-state index is -0.427. The Morgan fingerprint density at radius 1 is 0.875 bits per heavy atom. The number of rotatable bonds is 3. The molecular weight excluding hydrogens is 398 g/mol. The summed E-state index contributed by atoms with van der Waals surface area (Å²) in [5.74, 6) is 0.815. The first-order valence-electron chi connectivity index (χ1n) is 10.7. The average molecular weight is 421 g/mol. The molecule has 0 aliphatic carbocycles. The number of pyridine rings is 1. The maximum absolute atomic E-state index is 12.9. The lowest BCUT2D eigenvalue weighted by atomic mass is 9.90. The molecule has 32 heavy (non-hydrogen) atoms. The van der Waals surface area contributed by atoms with Gasteiger partial charge in [0.15, 0.2) is 5.76 Å². The number of aromatic nitrogens is 1. The Morgan fingerprint density at radius 3 is 2.34 bits per heavy atom. The summed E-state index contributed by atoms with van der Waals surface area (Å²) in [4.78, 5) is 17.4. The second kappa shape index (κ2) is 7.65. The molecule has 158 valence electrons. The molecule has 0 aliphatic rings. The van der Waals surface area contributed by atoms with Gasteiger partial charge in [0.2, 0.25) is 0 Å². The number of phenols is 1. The van der Waals surface area contributed by atoms with E-state index < -0.39 is 5.63 Å². The highest BCUT2D eigenvalue weighted by atomic mass is 16.4. The third kappa shape index (κ3) is 3.25. The number of nitrogens with zero attached hydrogens (tertiary/aromatic N) is 1. The van der Waals surface area contributed by atoms with Gasteiger partial charge in [-0.25, -0.2) is 4.79 Å². The van der Waals surface area contributed by atoms with E-state index in [0.29, 0.717) is 33.9 Å². The summed E-state index contributed by atoms with van der Waals surface area (Å²) < 4.78 is 5.85. The predicted molar refractivity (Wildman–Crippen MR) is 129 cm³/mol. The van der Waals surface area contributed by atoms with Gasteiger partial charge >= 0.3 is 5.63 Å². The van der Waals surface area contributed by atoms with Crippen LogP contribution in [0.3, 0.4) is 0 Å². The fraction of sp³-hybridized carbons (Fsp3) is 0.143. The fourth-order valence-corrected chi connectivity index (χ4v) is 4.18. The molecule has 0 saturated heterocycles. The highest BCUT2D eigenvalue weighted by Gasteiger charge is 2.22. The number of aromatic hydroxyl groups is 1. The van der Waals surface area contributed by atoms with Gasteiger partial charge in [-0.15, -0.1) is 0 Å². The van der Waals surface area contributed by atoms with Crippen molar-refractivity contribution in [3.05, 3.63) is 94.5 Å². The lowest BCUT2D eigenvalue weighted by molar-refractivity contribution is 0.477. The van der Waals surface area contributed by atoms with Crippen LogP contribution in [-0.4, -0.2) is 10.1 Å². The van der Waals surface area contributed by atoms with Crippen LogP contribution in [0.25, 0.3) is 44.1 Å². The van der Waals surface area contributed by atoms with Crippen molar-refractivity contribution in [2.75, 3.05) is 0 Å². The van der Waals surface area contributed by atoms with Crippen LogP contribution in [0, 0.1) is 6.92 Å². The molecule has 0 saturated carbocycles. The Hall–Kier alpha value is -3.92. The quantitative estimate of drug-likeness (QED) is 0.347. The maximum atomic E-state index is 12.9. The van der Waals surface area contributed by atoms with Crippen molar-refractivity contribution < 1.29 is 9.52 Å². The predicted octanol–water partition coefficient (Wildman–Crippen LogP) is 6.81. The van der Waals surface area contributed by atoms with Crippen LogP contribution < -0.4 is 5.63 Å². The zero-order chi connectivity index (χ0) is 22.4. The van der Waals surface area contributed by atoms with Crippen LogP contribution in [-0.2, 0) is 0 Å². The van der Waals surface area contributed by atoms with Gasteiger partial charge in [0.05, 0.1) is 5.39 Å². The topological polar surface area (TPSA) is 63.3 Å². The molecule has 0 aliphatic heterocycles. The van der Waals surface area contributed by atoms with E-state index in [-0.39, 0.29) is 5.75 Å². The van der Waals surface area contributed by atoms with Crippen LogP contribution in [0.2, 0.25) is 0 Å². The second-order valence-corrected chi connectivity index (χ2v) is 8.45. The van der Waals surface area contributed by atoms with Crippen molar-refractivity contribution in [3.63, 3.8) is 0 Å². The number of phenolic OH excluding ortho intramolecular Hbond substituents is 1. The number of benzene rings is 3. The van der Waals surface area contributed by atoms with Crippen LogP contribution in [0.5, 0.6) is 5.75 Å². The Bertz CT molecular complexity index is 1530. The van der Waals surface area contributed by atoms with E-state index >= 15 is 0 Å². The lowest BCUT2D eigenvalue weighted by Crippen LogP contribution is -2.04. The Kier molecular flexibility index (Phi) is 4.78. The minimum absolute atomic E-state index is 0.130. The van der Waals surface area contributed by atoms with Gasteiger partial charge < -0.3 is 9.52 Å². The molecule has 0 bridgehead atoms. The first kappa shape index (κ1) is 20.0. The molecule has 0 amide bonds. The van der Waals surface area contributed by atoms with Crippen molar-refractivity contribution in [1.82, 2.24) is 4.98 Å². The SMILES string of the molecule is Cc1ccc(-c2oc(=O)c3ccccc3c2-c2c(O)ccc3ccc(C(C)C)cc23)nc1. The Labute approximate surface area is 185 Å². The van der Waals surface area contributed by atoms with Crippen molar-refractivity contribution in [3.8, 4) is 28.3 Å². The molecule has 5 aromatic rings. The minimum Gasteiger partial charge on any atom is -0.507 e. The number of aryl methyl sites for hydroxylation is 1. The zero-order valence-corrected chi connectivity index (χ0v) is 18.2. The maximum Gasteiger partial charge on any atom is 0.344 e. The van der Waals surface area contributed by atoms with Crippen molar-refractivity contribution in [1.29, 1.82) is 0 Å². The Morgan fingerprint density at radius 2 is 1.62 bits per heavy atom. The number of fused-ring (bicyclic) bond motifs is 2. The van der Waals surface area contributed by atoms with Gasteiger partial charge in [0.1, 0.15) is 11.4 Å². The van der Waals surface area contributed by atoms with Gasteiger partial charge in [-0.2, -0.15) is 0 Å². The van der Waals surface area contributed by atoms with E-state index in [1.807, 2.05) is 43.3 Å². The van der Waals surface area contributed by atoms with Crippen LogP contribution >= 0.6 is 0 Å². The molecule has 2 aromatic heterocycles. The summed E-state index contributed by atoms with van der Waals surface area (Å²) in [6.45, 7) is 6.24.